The Bertz CT molecular complexity index is 321. The van der Waals surface area contributed by atoms with Crippen LogP contribution in [0.25, 0.3) is 0 Å². The standard InChI is InChI=1S/C8H9N3O2/c1-13-11-7(8(9)12)6-4-2-3-5-10-6/h2-5H,1H3,(H2,9,12)/b11-7-. The monoisotopic (exact) mass is 179 g/mol. The van der Waals surface area contributed by atoms with E-state index in [4.69, 9.17) is 5.73 Å². The van der Waals surface area contributed by atoms with Crippen molar-refractivity contribution in [1.82, 2.24) is 4.98 Å². The summed E-state index contributed by atoms with van der Waals surface area (Å²) in [5.41, 5.74) is 5.48. The molecule has 0 aliphatic rings. The Kier molecular flexibility index (Phi) is 2.97. The van der Waals surface area contributed by atoms with Crippen molar-refractivity contribution in [3.63, 3.8) is 0 Å². The molecule has 1 aromatic rings. The van der Waals surface area contributed by atoms with Gasteiger partial charge in [0.15, 0.2) is 5.71 Å². The minimum Gasteiger partial charge on any atom is -0.398 e. The second kappa shape index (κ2) is 4.20. The fourth-order valence-corrected chi connectivity index (χ4v) is 0.812. The summed E-state index contributed by atoms with van der Waals surface area (Å²) in [7, 11) is 1.34. The van der Waals surface area contributed by atoms with E-state index in [9.17, 15) is 4.79 Å². The van der Waals surface area contributed by atoms with Crippen molar-refractivity contribution < 1.29 is 9.63 Å². The van der Waals surface area contributed by atoms with Gasteiger partial charge in [0.25, 0.3) is 5.91 Å². The second-order valence-electron chi connectivity index (χ2n) is 2.20. The number of nitrogens with two attached hydrogens (primary N) is 1. The van der Waals surface area contributed by atoms with Gasteiger partial charge in [-0.1, -0.05) is 11.2 Å². The first kappa shape index (κ1) is 9.18. The SMILES string of the molecule is CO/N=C(\C(N)=O)c1ccccn1. The topological polar surface area (TPSA) is 77.6 Å². The van der Waals surface area contributed by atoms with Gasteiger partial charge in [0.2, 0.25) is 0 Å². The number of amides is 1. The van der Waals surface area contributed by atoms with Crippen LogP contribution in [0, 0.1) is 0 Å². The third-order valence-electron chi connectivity index (χ3n) is 1.32. The molecule has 5 nitrogen and oxygen atoms in total. The van der Waals surface area contributed by atoms with Crippen molar-refractivity contribution in [3.05, 3.63) is 30.1 Å². The van der Waals surface area contributed by atoms with Crippen molar-refractivity contribution in [2.45, 2.75) is 0 Å². The summed E-state index contributed by atoms with van der Waals surface area (Å²) < 4.78 is 0. The fraction of sp³-hybridized carbons (Fsp3) is 0.125. The predicted octanol–water partition coefficient (Wildman–Crippen LogP) is -0.0826. The first-order valence-corrected chi connectivity index (χ1v) is 3.58. The smallest absolute Gasteiger partial charge is 0.273 e. The number of carbonyl (C=O) groups excluding carboxylic acids is 1. The average Bonchev–Trinajstić information content (AvgIpc) is 2.15. The van der Waals surface area contributed by atoms with Crippen LogP contribution in [0.1, 0.15) is 5.69 Å². The summed E-state index contributed by atoms with van der Waals surface area (Å²) in [6.07, 6.45) is 1.55. The number of hydrogen-bond acceptors (Lipinski definition) is 4. The summed E-state index contributed by atoms with van der Waals surface area (Å²) in [6.45, 7) is 0. The van der Waals surface area contributed by atoms with Gasteiger partial charge in [0.05, 0.1) is 5.69 Å². The quantitative estimate of drug-likeness (QED) is 0.520. The van der Waals surface area contributed by atoms with Crippen LogP contribution in [0.15, 0.2) is 29.6 Å². The third-order valence-corrected chi connectivity index (χ3v) is 1.32. The highest BCUT2D eigenvalue weighted by Gasteiger charge is 2.11. The van der Waals surface area contributed by atoms with Crippen LogP contribution in [0.3, 0.4) is 0 Å². The fourth-order valence-electron chi connectivity index (χ4n) is 0.812. The van der Waals surface area contributed by atoms with E-state index in [0.717, 1.165) is 0 Å². The van der Waals surface area contributed by atoms with E-state index >= 15 is 0 Å². The van der Waals surface area contributed by atoms with Gasteiger partial charge in [-0.3, -0.25) is 9.78 Å². The summed E-state index contributed by atoms with van der Waals surface area (Å²) in [5.74, 6) is -0.666. The lowest BCUT2D eigenvalue weighted by molar-refractivity contribution is -0.112. The van der Waals surface area contributed by atoms with Gasteiger partial charge in [0.1, 0.15) is 7.11 Å². The molecule has 0 atom stereocenters. The Morgan fingerprint density at radius 2 is 2.38 bits per heavy atom. The number of aromatic nitrogens is 1. The van der Waals surface area contributed by atoms with Gasteiger partial charge < -0.3 is 10.6 Å². The molecule has 1 amide bonds. The maximum absolute atomic E-state index is 10.9. The van der Waals surface area contributed by atoms with Gasteiger partial charge in [-0.15, -0.1) is 0 Å². The molecule has 0 fully saturated rings. The molecular formula is C8H9N3O2. The van der Waals surface area contributed by atoms with Crippen LogP contribution in [0.4, 0.5) is 0 Å². The highest BCUT2D eigenvalue weighted by Crippen LogP contribution is 1.96. The van der Waals surface area contributed by atoms with Crippen molar-refractivity contribution >= 4 is 11.6 Å². The van der Waals surface area contributed by atoms with Crippen molar-refractivity contribution in [2.24, 2.45) is 10.9 Å². The predicted molar refractivity (Wildman–Crippen MR) is 47.0 cm³/mol. The summed E-state index contributed by atoms with van der Waals surface area (Å²) in [5, 5.41) is 3.47. The molecule has 1 aromatic heterocycles. The lowest BCUT2D eigenvalue weighted by Gasteiger charge is -1.98. The van der Waals surface area contributed by atoms with E-state index in [1.165, 1.54) is 7.11 Å². The molecule has 2 N–H and O–H groups in total. The minimum absolute atomic E-state index is 0.0168. The van der Waals surface area contributed by atoms with Gasteiger partial charge in [-0.25, -0.2) is 0 Å². The largest absolute Gasteiger partial charge is 0.398 e. The zero-order chi connectivity index (χ0) is 9.68. The molecule has 0 aliphatic carbocycles. The molecule has 0 spiro atoms. The average molecular weight is 179 g/mol. The molecule has 68 valence electrons. The number of nitrogens with zero attached hydrogens (tertiary/aromatic N) is 2. The van der Waals surface area contributed by atoms with Gasteiger partial charge in [-0.05, 0) is 12.1 Å². The van der Waals surface area contributed by atoms with Crippen LogP contribution in [0.2, 0.25) is 0 Å². The number of hydrogen-bond donors (Lipinski definition) is 1. The number of primary amides is 1. The lowest BCUT2D eigenvalue weighted by atomic mass is 10.2. The van der Waals surface area contributed by atoms with Crippen LogP contribution >= 0.6 is 0 Å². The van der Waals surface area contributed by atoms with Gasteiger partial charge in [-0.2, -0.15) is 0 Å². The first-order valence-electron chi connectivity index (χ1n) is 3.58. The second-order valence-corrected chi connectivity index (χ2v) is 2.20. The van der Waals surface area contributed by atoms with Crippen molar-refractivity contribution in [3.8, 4) is 0 Å². The maximum Gasteiger partial charge on any atom is 0.273 e. The molecule has 13 heavy (non-hydrogen) atoms. The van der Waals surface area contributed by atoms with E-state index < -0.39 is 5.91 Å². The molecular weight excluding hydrogens is 170 g/mol. The Labute approximate surface area is 75.2 Å². The molecule has 1 heterocycles. The summed E-state index contributed by atoms with van der Waals surface area (Å²) in [4.78, 5) is 19.2. The van der Waals surface area contributed by atoms with Crippen LogP contribution in [-0.2, 0) is 9.63 Å². The van der Waals surface area contributed by atoms with E-state index in [1.54, 1.807) is 24.4 Å². The van der Waals surface area contributed by atoms with Crippen molar-refractivity contribution in [1.29, 1.82) is 0 Å². The maximum atomic E-state index is 10.9. The van der Waals surface area contributed by atoms with E-state index in [1.807, 2.05) is 0 Å². The molecule has 0 radical (unpaired) electrons. The lowest BCUT2D eigenvalue weighted by Crippen LogP contribution is -2.25. The Hall–Kier alpha value is -1.91. The van der Waals surface area contributed by atoms with E-state index in [2.05, 4.69) is 15.0 Å². The molecule has 0 unspecified atom stereocenters. The van der Waals surface area contributed by atoms with E-state index in [0.29, 0.717) is 5.69 Å². The zero-order valence-corrected chi connectivity index (χ0v) is 7.10. The minimum atomic E-state index is -0.666. The number of carbonyl (C=O) groups is 1. The van der Waals surface area contributed by atoms with Gasteiger partial charge in [0, 0.05) is 6.20 Å². The summed E-state index contributed by atoms with van der Waals surface area (Å²) in [6, 6.07) is 5.09. The highest BCUT2D eigenvalue weighted by atomic mass is 16.6. The van der Waals surface area contributed by atoms with Gasteiger partial charge >= 0.3 is 0 Å². The van der Waals surface area contributed by atoms with Crippen molar-refractivity contribution in [2.75, 3.05) is 7.11 Å². The Morgan fingerprint density at radius 3 is 2.85 bits per heavy atom. The Balaban J connectivity index is 3.03. The highest BCUT2D eigenvalue weighted by molar-refractivity contribution is 6.44. The third kappa shape index (κ3) is 2.26. The molecule has 0 bridgehead atoms. The van der Waals surface area contributed by atoms with Crippen LogP contribution in [-0.4, -0.2) is 23.7 Å². The molecule has 0 saturated carbocycles. The number of oxime groups is 1. The van der Waals surface area contributed by atoms with E-state index in [-0.39, 0.29) is 5.71 Å². The van der Waals surface area contributed by atoms with Crippen LogP contribution in [0.5, 0.6) is 0 Å². The molecule has 1 rings (SSSR count). The normalized spacial score (nSPS) is 11.0. The number of rotatable bonds is 3. The Morgan fingerprint density at radius 1 is 1.62 bits per heavy atom. The molecule has 0 aromatic carbocycles. The number of pyridine rings is 1. The summed E-state index contributed by atoms with van der Waals surface area (Å²) >= 11 is 0. The molecule has 5 heteroatoms. The first-order chi connectivity index (χ1) is 6.25. The van der Waals surface area contributed by atoms with Crippen LogP contribution < -0.4 is 5.73 Å². The zero-order valence-electron chi connectivity index (χ0n) is 7.10. The molecule has 0 aliphatic heterocycles. The molecule has 0 saturated heterocycles.